The number of nitrogens with one attached hydrogen (secondary N) is 2. The highest BCUT2D eigenvalue weighted by atomic mass is 35.5. The maximum absolute atomic E-state index is 12.3. The fraction of sp³-hybridized carbons (Fsp3) is 1.00. The molecule has 0 aromatic rings. The zero-order valence-electron chi connectivity index (χ0n) is 14.5. The molecule has 0 spiro atoms. The summed E-state index contributed by atoms with van der Waals surface area (Å²) < 4.78 is 38.5. The Hall–Kier alpha value is 0.290. The first-order valence-corrected chi connectivity index (χ1v) is 9.20. The second-order valence-electron chi connectivity index (χ2n) is 5.23. The van der Waals surface area contributed by atoms with Gasteiger partial charge in [-0.05, 0) is 13.0 Å². The topological polar surface area (TPSA) is 83.1 Å². The van der Waals surface area contributed by atoms with Gasteiger partial charge in [0.25, 0.3) is 10.2 Å². The van der Waals surface area contributed by atoms with E-state index in [-0.39, 0.29) is 24.8 Å². The van der Waals surface area contributed by atoms with Crippen LogP contribution in [0.25, 0.3) is 0 Å². The molecule has 1 saturated heterocycles. The second kappa shape index (κ2) is 15.5. The number of nitrogens with zero attached hydrogens (tertiary/aromatic N) is 2. The Kier molecular flexibility index (Phi) is 17.2. The molecule has 0 atom stereocenters. The maximum atomic E-state index is 12.3. The largest absolute Gasteiger partial charge is 0.383 e. The third-order valence-electron chi connectivity index (χ3n) is 3.57. The molecule has 11 heteroatoms. The molecule has 0 aliphatic carbocycles. The van der Waals surface area contributed by atoms with Crippen molar-refractivity contribution in [2.45, 2.75) is 6.42 Å². The zero-order valence-corrected chi connectivity index (χ0v) is 17.0. The molecule has 1 fully saturated rings. The number of hydrogen-bond acceptors (Lipinski definition) is 6. The predicted molar refractivity (Wildman–Crippen MR) is 101 cm³/mol. The molecule has 1 heterocycles. The van der Waals surface area contributed by atoms with E-state index in [1.807, 2.05) is 0 Å². The van der Waals surface area contributed by atoms with E-state index in [2.05, 4.69) is 14.9 Å². The number of rotatable bonds is 12. The first kappa shape index (κ1) is 26.5. The van der Waals surface area contributed by atoms with Gasteiger partial charge in [-0.1, -0.05) is 0 Å². The third kappa shape index (κ3) is 11.0. The molecule has 2 N–H and O–H groups in total. The summed E-state index contributed by atoms with van der Waals surface area (Å²) in [6.45, 7) is 6.82. The highest BCUT2D eigenvalue weighted by Crippen LogP contribution is 1.99. The number of halogens is 2. The Morgan fingerprint density at radius 3 is 2.12 bits per heavy atom. The molecule has 0 bridgehead atoms. The van der Waals surface area contributed by atoms with Gasteiger partial charge in [0.2, 0.25) is 0 Å². The molecular weight excluding hydrogens is 379 g/mol. The molecule has 1 rings (SSSR count). The Labute approximate surface area is 158 Å². The standard InChI is InChI=1S/C13H30N4O4S.2ClH/c1-20-12-10-17(11-13-21-2)22(18,19)15-4-3-7-16-8-5-14-6-9-16;;/h14-15H,3-13H2,1-2H3;2*1H. The van der Waals surface area contributed by atoms with Gasteiger partial charge in [-0.15, -0.1) is 24.8 Å². The van der Waals surface area contributed by atoms with E-state index in [4.69, 9.17) is 9.47 Å². The molecule has 0 unspecified atom stereocenters. The highest BCUT2D eigenvalue weighted by molar-refractivity contribution is 7.87. The van der Waals surface area contributed by atoms with Gasteiger partial charge in [0.1, 0.15) is 0 Å². The zero-order chi connectivity index (χ0) is 16.3. The summed E-state index contributed by atoms with van der Waals surface area (Å²) >= 11 is 0. The van der Waals surface area contributed by atoms with Crippen LogP contribution in [-0.4, -0.2) is 97.4 Å². The number of methoxy groups -OCH3 is 2. The molecule has 148 valence electrons. The summed E-state index contributed by atoms with van der Waals surface area (Å²) in [5.74, 6) is 0. The van der Waals surface area contributed by atoms with E-state index in [1.54, 1.807) is 14.2 Å². The van der Waals surface area contributed by atoms with Crippen LogP contribution < -0.4 is 10.0 Å². The monoisotopic (exact) mass is 410 g/mol. The van der Waals surface area contributed by atoms with Gasteiger partial charge >= 0.3 is 0 Å². The first-order valence-electron chi connectivity index (χ1n) is 7.76. The van der Waals surface area contributed by atoms with Gasteiger partial charge in [-0.3, -0.25) is 0 Å². The normalized spacial score (nSPS) is 15.8. The van der Waals surface area contributed by atoms with E-state index in [9.17, 15) is 8.42 Å². The van der Waals surface area contributed by atoms with Crippen molar-refractivity contribution in [1.29, 1.82) is 0 Å². The fourth-order valence-electron chi connectivity index (χ4n) is 2.27. The van der Waals surface area contributed by atoms with Crippen molar-refractivity contribution < 1.29 is 17.9 Å². The predicted octanol–water partition coefficient (Wildman–Crippen LogP) is -0.445. The smallest absolute Gasteiger partial charge is 0.279 e. The average molecular weight is 411 g/mol. The van der Waals surface area contributed by atoms with Gasteiger partial charge in [0.05, 0.1) is 13.2 Å². The summed E-state index contributed by atoms with van der Waals surface area (Å²) in [5.41, 5.74) is 0. The molecule has 0 saturated carbocycles. The van der Waals surface area contributed by atoms with E-state index in [0.29, 0.717) is 32.8 Å². The van der Waals surface area contributed by atoms with Crippen LogP contribution in [0.4, 0.5) is 0 Å². The average Bonchev–Trinajstić information content (AvgIpc) is 2.52. The minimum Gasteiger partial charge on any atom is -0.383 e. The summed E-state index contributed by atoms with van der Waals surface area (Å²) in [6.07, 6.45) is 0.807. The fourth-order valence-corrected chi connectivity index (χ4v) is 3.48. The number of piperazine rings is 1. The van der Waals surface area contributed by atoms with Crippen LogP contribution in [0, 0.1) is 0 Å². The van der Waals surface area contributed by atoms with Gasteiger partial charge in [-0.25, -0.2) is 4.72 Å². The maximum Gasteiger partial charge on any atom is 0.279 e. The first-order chi connectivity index (χ1) is 10.6. The lowest BCUT2D eigenvalue weighted by Crippen LogP contribution is -2.46. The molecule has 0 radical (unpaired) electrons. The minimum absolute atomic E-state index is 0. The van der Waals surface area contributed by atoms with Crippen molar-refractivity contribution in [1.82, 2.24) is 19.2 Å². The molecule has 8 nitrogen and oxygen atoms in total. The molecule has 0 aromatic heterocycles. The van der Waals surface area contributed by atoms with Gasteiger partial charge in [0.15, 0.2) is 0 Å². The Morgan fingerprint density at radius 1 is 1.08 bits per heavy atom. The van der Waals surface area contributed by atoms with Gasteiger partial charge in [-0.2, -0.15) is 12.7 Å². The van der Waals surface area contributed by atoms with Crippen LogP contribution in [0.2, 0.25) is 0 Å². The summed E-state index contributed by atoms with van der Waals surface area (Å²) in [7, 11) is -0.362. The Morgan fingerprint density at radius 2 is 1.62 bits per heavy atom. The van der Waals surface area contributed by atoms with Crippen LogP contribution in [0.3, 0.4) is 0 Å². The van der Waals surface area contributed by atoms with E-state index in [0.717, 1.165) is 39.1 Å². The van der Waals surface area contributed by atoms with Crippen LogP contribution >= 0.6 is 24.8 Å². The lowest BCUT2D eigenvalue weighted by Gasteiger charge is -2.27. The Bertz CT molecular complexity index is 376. The molecule has 1 aliphatic heterocycles. The Balaban J connectivity index is 0. The highest BCUT2D eigenvalue weighted by Gasteiger charge is 2.20. The molecular formula is C13H32Cl2N4O4S. The van der Waals surface area contributed by atoms with Crippen molar-refractivity contribution in [3.63, 3.8) is 0 Å². The van der Waals surface area contributed by atoms with Crippen molar-refractivity contribution in [3.8, 4) is 0 Å². The second-order valence-corrected chi connectivity index (χ2v) is 6.98. The molecule has 0 aromatic carbocycles. The summed E-state index contributed by atoms with van der Waals surface area (Å²) in [6, 6.07) is 0. The van der Waals surface area contributed by atoms with Crippen LogP contribution in [0.15, 0.2) is 0 Å². The van der Waals surface area contributed by atoms with Crippen molar-refractivity contribution in [2.75, 3.05) is 79.8 Å². The van der Waals surface area contributed by atoms with E-state index in [1.165, 1.54) is 4.31 Å². The summed E-state index contributed by atoms with van der Waals surface area (Å²) in [5, 5.41) is 3.30. The quantitative estimate of drug-likeness (QED) is 0.424. The minimum atomic E-state index is -3.48. The molecule has 1 aliphatic rings. The number of hydrogen-bond donors (Lipinski definition) is 2. The summed E-state index contributed by atoms with van der Waals surface area (Å²) in [4.78, 5) is 2.35. The van der Waals surface area contributed by atoms with Crippen LogP contribution in [0.5, 0.6) is 0 Å². The lowest BCUT2D eigenvalue weighted by atomic mass is 10.3. The van der Waals surface area contributed by atoms with E-state index < -0.39 is 10.2 Å². The van der Waals surface area contributed by atoms with Crippen LogP contribution in [0.1, 0.15) is 6.42 Å². The molecule has 0 amide bonds. The number of ether oxygens (including phenoxy) is 2. The van der Waals surface area contributed by atoms with Crippen molar-refractivity contribution in [3.05, 3.63) is 0 Å². The van der Waals surface area contributed by atoms with Crippen molar-refractivity contribution in [2.24, 2.45) is 0 Å². The molecule has 24 heavy (non-hydrogen) atoms. The third-order valence-corrected chi connectivity index (χ3v) is 5.19. The van der Waals surface area contributed by atoms with Crippen molar-refractivity contribution >= 4 is 35.0 Å². The van der Waals surface area contributed by atoms with E-state index >= 15 is 0 Å². The SMILES string of the molecule is COCCN(CCOC)S(=O)(=O)NCCCN1CCNCC1.Cl.Cl. The van der Waals surface area contributed by atoms with Gasteiger partial charge in [0, 0.05) is 60.0 Å². The van der Waals surface area contributed by atoms with Crippen LogP contribution in [-0.2, 0) is 19.7 Å². The van der Waals surface area contributed by atoms with Gasteiger partial charge < -0.3 is 19.7 Å². The lowest BCUT2D eigenvalue weighted by molar-refractivity contribution is 0.149.